The molecule has 1 aliphatic rings. The Morgan fingerprint density at radius 2 is 2.04 bits per heavy atom. The summed E-state index contributed by atoms with van der Waals surface area (Å²) in [5.74, 6) is -0.531. The zero-order chi connectivity index (χ0) is 17.3. The van der Waals surface area contributed by atoms with Gasteiger partial charge < -0.3 is 9.80 Å². The van der Waals surface area contributed by atoms with Crippen LogP contribution in [0.2, 0.25) is 0 Å². The summed E-state index contributed by atoms with van der Waals surface area (Å²) in [6, 6.07) is 2.73. The maximum Gasteiger partial charge on any atom is 0.293 e. The molecule has 0 saturated carbocycles. The van der Waals surface area contributed by atoms with Crippen molar-refractivity contribution in [1.82, 2.24) is 14.9 Å². The summed E-state index contributed by atoms with van der Waals surface area (Å²) in [5.41, 5.74) is 0.690. The molecule has 1 radical (unpaired) electrons. The number of rotatable bonds is 3. The molecule has 1 aromatic carbocycles. The van der Waals surface area contributed by atoms with Gasteiger partial charge in [-0.15, -0.1) is 0 Å². The fourth-order valence-electron chi connectivity index (χ4n) is 2.84. The van der Waals surface area contributed by atoms with Crippen LogP contribution >= 0.6 is 0 Å². The van der Waals surface area contributed by atoms with Crippen molar-refractivity contribution in [3.63, 3.8) is 0 Å². The number of nitrogens with zero attached hydrogens (tertiary/aromatic N) is 5. The highest BCUT2D eigenvalue weighted by molar-refractivity contribution is 5.74. The van der Waals surface area contributed by atoms with Gasteiger partial charge in [-0.25, -0.2) is 14.4 Å². The molecule has 7 nitrogen and oxygen atoms in total. The zero-order valence-electron chi connectivity index (χ0n) is 13.4. The van der Waals surface area contributed by atoms with Gasteiger partial charge >= 0.3 is 0 Å². The van der Waals surface area contributed by atoms with Gasteiger partial charge in [0.25, 0.3) is 5.69 Å². The smallest absolute Gasteiger partial charge is 0.293 e. The maximum absolute atomic E-state index is 14.6. The number of nitro groups is 1. The van der Waals surface area contributed by atoms with Gasteiger partial charge in [-0.3, -0.25) is 10.1 Å². The Morgan fingerprint density at radius 3 is 2.67 bits per heavy atom. The van der Waals surface area contributed by atoms with Crippen LogP contribution in [0.3, 0.4) is 0 Å². The molecule has 0 unspecified atom stereocenters. The highest BCUT2D eigenvalue weighted by Crippen LogP contribution is 2.35. The molecule has 0 aliphatic carbocycles. The summed E-state index contributed by atoms with van der Waals surface area (Å²) in [4.78, 5) is 22.5. The van der Waals surface area contributed by atoms with Crippen molar-refractivity contribution in [1.29, 1.82) is 0 Å². The van der Waals surface area contributed by atoms with Gasteiger partial charge in [-0.1, -0.05) is 0 Å². The molecular formula is C16H17FN5O2. The molecule has 8 heteroatoms. The lowest BCUT2D eigenvalue weighted by Crippen LogP contribution is -2.50. The van der Waals surface area contributed by atoms with E-state index in [1.165, 1.54) is 24.5 Å². The summed E-state index contributed by atoms with van der Waals surface area (Å²) in [7, 11) is 2.01. The van der Waals surface area contributed by atoms with Crippen molar-refractivity contribution >= 4 is 11.4 Å². The molecule has 1 fully saturated rings. The Bertz CT molecular complexity index is 756. The molecule has 24 heavy (non-hydrogen) atoms. The van der Waals surface area contributed by atoms with Gasteiger partial charge in [0.05, 0.1) is 4.92 Å². The van der Waals surface area contributed by atoms with Gasteiger partial charge in [0, 0.05) is 61.3 Å². The Balaban J connectivity index is 2.04. The third kappa shape index (κ3) is 3.05. The Morgan fingerprint density at radius 1 is 1.33 bits per heavy atom. The highest BCUT2D eigenvalue weighted by Gasteiger charge is 2.28. The molecule has 3 rings (SSSR count). The SMILES string of the molecule is C[C@@H]1CN(c2cc(F)c(-c3cn[c]nc3)cc2[N+](=O)[O-])CCN1C. The van der Waals surface area contributed by atoms with E-state index in [-0.39, 0.29) is 17.3 Å². The predicted octanol–water partition coefficient (Wildman–Crippen LogP) is 2.13. The van der Waals surface area contributed by atoms with E-state index in [1.807, 2.05) is 18.9 Å². The van der Waals surface area contributed by atoms with Crippen LogP contribution < -0.4 is 4.90 Å². The van der Waals surface area contributed by atoms with Crippen molar-refractivity contribution in [2.45, 2.75) is 13.0 Å². The minimum Gasteiger partial charge on any atom is -0.363 e. The third-order valence-corrected chi connectivity index (χ3v) is 4.40. The molecule has 2 aromatic rings. The van der Waals surface area contributed by atoms with Crippen LogP contribution in [0.1, 0.15) is 6.92 Å². The van der Waals surface area contributed by atoms with Crippen LogP contribution in [-0.4, -0.2) is 52.5 Å². The number of halogens is 1. The molecule has 0 spiro atoms. The van der Waals surface area contributed by atoms with E-state index in [0.717, 1.165) is 6.54 Å². The molecule has 2 heterocycles. The second-order valence-electron chi connectivity index (χ2n) is 5.93. The van der Waals surface area contributed by atoms with E-state index in [2.05, 4.69) is 21.2 Å². The van der Waals surface area contributed by atoms with Gasteiger partial charge in [0.15, 0.2) is 6.33 Å². The molecule has 1 aliphatic heterocycles. The van der Waals surface area contributed by atoms with E-state index in [4.69, 9.17) is 0 Å². The van der Waals surface area contributed by atoms with E-state index < -0.39 is 10.7 Å². The number of likely N-dealkylation sites (N-methyl/N-ethyl adjacent to an activating group) is 1. The molecular weight excluding hydrogens is 313 g/mol. The van der Waals surface area contributed by atoms with E-state index >= 15 is 0 Å². The van der Waals surface area contributed by atoms with Gasteiger partial charge in [-0.05, 0) is 14.0 Å². The first-order valence-corrected chi connectivity index (χ1v) is 7.59. The first kappa shape index (κ1) is 16.3. The van der Waals surface area contributed by atoms with Crippen LogP contribution in [0.4, 0.5) is 15.8 Å². The van der Waals surface area contributed by atoms with E-state index in [1.54, 1.807) is 0 Å². The summed E-state index contributed by atoms with van der Waals surface area (Å²) >= 11 is 0. The third-order valence-electron chi connectivity index (χ3n) is 4.40. The number of piperazine rings is 1. The number of benzene rings is 1. The lowest BCUT2D eigenvalue weighted by Gasteiger charge is -2.38. The van der Waals surface area contributed by atoms with Crippen molar-refractivity contribution in [3.8, 4) is 11.1 Å². The topological polar surface area (TPSA) is 75.4 Å². The second-order valence-corrected chi connectivity index (χ2v) is 5.93. The van der Waals surface area contributed by atoms with Crippen molar-refractivity contribution in [2.75, 3.05) is 31.6 Å². The summed E-state index contributed by atoms with van der Waals surface area (Å²) < 4.78 is 14.6. The Labute approximate surface area is 138 Å². The summed E-state index contributed by atoms with van der Waals surface area (Å²) in [5, 5.41) is 11.5. The summed E-state index contributed by atoms with van der Waals surface area (Å²) in [6.07, 6.45) is 5.13. The standard InChI is InChI=1S/C16H17FN5O2/c1-11-9-21(4-3-20(11)2)15-6-14(17)13(5-16(15)22(23)24)12-7-18-10-19-8-12/h5-8,11H,3-4,9H2,1-2H3/t11-/m1/s1. The van der Waals surface area contributed by atoms with Gasteiger partial charge in [0.2, 0.25) is 0 Å². The minimum atomic E-state index is -0.531. The van der Waals surface area contributed by atoms with Crippen LogP contribution in [0, 0.1) is 22.3 Å². The largest absolute Gasteiger partial charge is 0.363 e. The second kappa shape index (κ2) is 6.48. The Kier molecular flexibility index (Phi) is 4.39. The Hall–Kier alpha value is -2.61. The molecule has 0 amide bonds. The van der Waals surface area contributed by atoms with E-state index in [0.29, 0.717) is 24.3 Å². The lowest BCUT2D eigenvalue weighted by atomic mass is 10.0. The molecule has 1 atom stereocenters. The first-order chi connectivity index (χ1) is 11.5. The highest BCUT2D eigenvalue weighted by atomic mass is 19.1. The van der Waals surface area contributed by atoms with Crippen LogP contribution in [0.5, 0.6) is 0 Å². The van der Waals surface area contributed by atoms with Crippen molar-refractivity contribution in [3.05, 3.63) is 46.8 Å². The fourth-order valence-corrected chi connectivity index (χ4v) is 2.84. The molecule has 1 aromatic heterocycles. The first-order valence-electron chi connectivity index (χ1n) is 7.59. The van der Waals surface area contributed by atoms with Gasteiger partial charge in [0.1, 0.15) is 11.5 Å². The summed E-state index contributed by atoms with van der Waals surface area (Å²) in [6.45, 7) is 4.04. The molecule has 0 bridgehead atoms. The van der Waals surface area contributed by atoms with Crippen molar-refractivity contribution in [2.24, 2.45) is 0 Å². The number of nitro benzene ring substituents is 1. The molecule has 125 valence electrons. The zero-order valence-corrected chi connectivity index (χ0v) is 13.4. The number of anilines is 1. The average Bonchev–Trinajstić information content (AvgIpc) is 2.57. The quantitative estimate of drug-likeness (QED) is 0.634. The van der Waals surface area contributed by atoms with Crippen molar-refractivity contribution < 1.29 is 9.31 Å². The number of aromatic nitrogens is 2. The molecule has 1 saturated heterocycles. The van der Waals surface area contributed by atoms with Crippen LogP contribution in [-0.2, 0) is 0 Å². The monoisotopic (exact) mass is 330 g/mol. The minimum absolute atomic E-state index is 0.113. The van der Waals surface area contributed by atoms with Crippen LogP contribution in [0.25, 0.3) is 11.1 Å². The van der Waals surface area contributed by atoms with E-state index in [9.17, 15) is 14.5 Å². The van der Waals surface area contributed by atoms with Crippen LogP contribution in [0.15, 0.2) is 24.5 Å². The fraction of sp³-hybridized carbons (Fsp3) is 0.375. The van der Waals surface area contributed by atoms with Gasteiger partial charge in [-0.2, -0.15) is 0 Å². The molecule has 0 N–H and O–H groups in total. The average molecular weight is 330 g/mol. The maximum atomic E-state index is 14.6. The lowest BCUT2D eigenvalue weighted by molar-refractivity contribution is -0.384. The normalized spacial score (nSPS) is 18.6. The number of hydrogen-bond donors (Lipinski definition) is 0. The predicted molar refractivity (Wildman–Crippen MR) is 87.2 cm³/mol. The number of hydrogen-bond acceptors (Lipinski definition) is 6.